The fourth-order valence-electron chi connectivity index (χ4n) is 4.23. The van der Waals surface area contributed by atoms with E-state index in [2.05, 4.69) is 4.98 Å². The van der Waals surface area contributed by atoms with E-state index in [0.29, 0.717) is 17.7 Å². The van der Waals surface area contributed by atoms with Gasteiger partial charge in [-0.3, -0.25) is 9.78 Å². The zero-order valence-electron chi connectivity index (χ0n) is 16.9. The number of hydrogen-bond donors (Lipinski definition) is 1. The minimum atomic E-state index is -1.13. The third-order valence-electron chi connectivity index (χ3n) is 5.72. The molecule has 4 rings (SSSR count). The molecule has 0 spiro atoms. The normalized spacial score (nSPS) is 25.6. The van der Waals surface area contributed by atoms with Crippen LogP contribution in [0.25, 0.3) is 6.08 Å². The van der Waals surface area contributed by atoms with E-state index in [0.717, 1.165) is 5.56 Å². The number of amides is 1. The number of β-lactam (4-membered cyclic amide) rings is 1. The molecule has 1 N–H and O–H groups in total. The monoisotopic (exact) mass is 422 g/mol. The Kier molecular flexibility index (Phi) is 5.46. The van der Waals surface area contributed by atoms with Crippen molar-refractivity contribution in [2.24, 2.45) is 5.41 Å². The summed E-state index contributed by atoms with van der Waals surface area (Å²) in [6.07, 6.45) is 2.80. The van der Waals surface area contributed by atoms with E-state index in [1.807, 2.05) is 36.4 Å². The van der Waals surface area contributed by atoms with Gasteiger partial charge in [-0.05, 0) is 30.2 Å². The lowest BCUT2D eigenvalue weighted by Gasteiger charge is -2.40. The molecule has 8 heteroatoms. The number of aromatic nitrogens is 1. The first-order valence-corrected chi connectivity index (χ1v) is 9.91. The Morgan fingerprint density at radius 2 is 1.94 bits per heavy atom. The number of carbonyl (C=O) groups is 3. The average molecular weight is 422 g/mol. The third-order valence-corrected chi connectivity index (χ3v) is 5.72. The van der Waals surface area contributed by atoms with Gasteiger partial charge in [-0.25, -0.2) is 9.59 Å². The van der Waals surface area contributed by atoms with Crippen molar-refractivity contribution in [1.82, 2.24) is 9.88 Å². The minimum Gasteiger partial charge on any atom is -0.480 e. The van der Waals surface area contributed by atoms with Gasteiger partial charge in [0.2, 0.25) is 0 Å². The Morgan fingerprint density at radius 1 is 1.19 bits per heavy atom. The zero-order chi connectivity index (χ0) is 22.0. The maximum atomic E-state index is 12.7. The summed E-state index contributed by atoms with van der Waals surface area (Å²) in [5, 5.41) is 9.78. The van der Waals surface area contributed by atoms with Gasteiger partial charge in [-0.2, -0.15) is 0 Å². The molecule has 2 fully saturated rings. The molecule has 3 heterocycles. The number of fused-ring (bicyclic) bond motifs is 1. The van der Waals surface area contributed by atoms with Crippen molar-refractivity contribution in [2.45, 2.75) is 32.0 Å². The van der Waals surface area contributed by atoms with E-state index in [1.54, 1.807) is 31.3 Å². The molecule has 1 aromatic heterocycles. The van der Waals surface area contributed by atoms with Gasteiger partial charge in [0.1, 0.15) is 19.3 Å². The Morgan fingerprint density at radius 3 is 2.61 bits per heavy atom. The van der Waals surface area contributed by atoms with E-state index < -0.39 is 23.6 Å². The summed E-state index contributed by atoms with van der Waals surface area (Å²) in [5.74, 6) is -1.46. The average Bonchev–Trinajstić information content (AvgIpc) is 3.06. The van der Waals surface area contributed by atoms with Crippen molar-refractivity contribution in [3.63, 3.8) is 0 Å². The Balaban J connectivity index is 1.43. The summed E-state index contributed by atoms with van der Waals surface area (Å²) in [4.78, 5) is 42.3. The fourth-order valence-corrected chi connectivity index (χ4v) is 4.23. The predicted molar refractivity (Wildman–Crippen MR) is 110 cm³/mol. The molecule has 2 aliphatic rings. The van der Waals surface area contributed by atoms with Crippen LogP contribution >= 0.6 is 0 Å². The third kappa shape index (κ3) is 4.01. The van der Waals surface area contributed by atoms with Crippen LogP contribution < -0.4 is 0 Å². The van der Waals surface area contributed by atoms with Gasteiger partial charge >= 0.3 is 12.1 Å². The summed E-state index contributed by atoms with van der Waals surface area (Å²) >= 11 is 0. The molecule has 1 aromatic carbocycles. The highest BCUT2D eigenvalue weighted by Crippen LogP contribution is 2.49. The first-order valence-electron chi connectivity index (χ1n) is 9.91. The highest BCUT2D eigenvalue weighted by atomic mass is 16.7. The van der Waals surface area contributed by atoms with Crippen molar-refractivity contribution in [2.75, 3.05) is 6.61 Å². The van der Waals surface area contributed by atoms with Crippen LogP contribution in [-0.2, 0) is 25.7 Å². The van der Waals surface area contributed by atoms with Crippen LogP contribution in [-0.4, -0.2) is 51.7 Å². The molecule has 160 valence electrons. The SMILES string of the molecule is C[C@@]1(COC(=O)OCc2ccccc2)CC2/C(=C\c3ccccn3)C(=O)N2[C@H]1C(=O)O. The van der Waals surface area contributed by atoms with Crippen molar-refractivity contribution in [1.29, 1.82) is 0 Å². The number of carboxylic acids is 1. The van der Waals surface area contributed by atoms with Gasteiger partial charge in [-0.1, -0.05) is 43.3 Å². The number of rotatable bonds is 6. The standard InChI is InChI=1S/C23H22N2O6/c1-23(14-31-22(29)30-13-15-7-3-2-4-8-15)12-18-17(11-16-9-5-6-10-24-16)20(26)25(18)19(23)21(27)28/h2-11,18-19H,12-14H2,1H3,(H,27,28)/b17-11+/t18?,19-,23-/m0/s1. The molecular formula is C23H22N2O6. The maximum Gasteiger partial charge on any atom is 0.508 e. The largest absolute Gasteiger partial charge is 0.508 e. The van der Waals surface area contributed by atoms with E-state index in [9.17, 15) is 19.5 Å². The summed E-state index contributed by atoms with van der Waals surface area (Å²) in [6.45, 7) is 1.60. The summed E-state index contributed by atoms with van der Waals surface area (Å²) in [6, 6.07) is 13.1. The summed E-state index contributed by atoms with van der Waals surface area (Å²) in [7, 11) is 0. The van der Waals surface area contributed by atoms with Crippen molar-refractivity contribution < 1.29 is 29.0 Å². The van der Waals surface area contributed by atoms with Gasteiger partial charge < -0.3 is 19.5 Å². The quantitative estimate of drug-likeness (QED) is 0.433. The topological polar surface area (TPSA) is 106 Å². The van der Waals surface area contributed by atoms with Crippen LogP contribution in [0.1, 0.15) is 24.6 Å². The van der Waals surface area contributed by atoms with Gasteiger partial charge in [-0.15, -0.1) is 0 Å². The molecule has 0 saturated carbocycles. The van der Waals surface area contributed by atoms with E-state index in [4.69, 9.17) is 9.47 Å². The molecule has 31 heavy (non-hydrogen) atoms. The predicted octanol–water partition coefficient (Wildman–Crippen LogP) is 2.89. The molecule has 0 aliphatic carbocycles. The van der Waals surface area contributed by atoms with Crippen molar-refractivity contribution >= 4 is 24.1 Å². The van der Waals surface area contributed by atoms with Gasteiger partial charge in [0.05, 0.1) is 11.7 Å². The molecule has 8 nitrogen and oxygen atoms in total. The first-order chi connectivity index (χ1) is 14.9. The van der Waals surface area contributed by atoms with Gasteiger partial charge in [0.25, 0.3) is 5.91 Å². The van der Waals surface area contributed by atoms with Crippen LogP contribution in [0.4, 0.5) is 4.79 Å². The number of carboxylic acid groups (broad SMARTS) is 1. The van der Waals surface area contributed by atoms with Gasteiger partial charge in [0, 0.05) is 17.2 Å². The number of benzene rings is 1. The molecular weight excluding hydrogens is 400 g/mol. The van der Waals surface area contributed by atoms with Crippen LogP contribution in [0.5, 0.6) is 0 Å². The number of aliphatic carboxylic acids is 1. The lowest BCUT2D eigenvalue weighted by molar-refractivity contribution is -0.155. The minimum absolute atomic E-state index is 0.0585. The molecule has 0 bridgehead atoms. The fraction of sp³-hybridized carbons (Fsp3) is 0.304. The summed E-state index contributed by atoms with van der Waals surface area (Å²) < 4.78 is 10.4. The molecule has 2 aliphatic heterocycles. The lowest BCUT2D eigenvalue weighted by atomic mass is 9.81. The number of nitrogens with zero attached hydrogens (tertiary/aromatic N) is 2. The van der Waals surface area contributed by atoms with Crippen LogP contribution in [0.2, 0.25) is 0 Å². The first kappa shape index (κ1) is 20.6. The van der Waals surface area contributed by atoms with Crippen LogP contribution in [0.3, 0.4) is 0 Å². The molecule has 1 amide bonds. The van der Waals surface area contributed by atoms with Crippen LogP contribution in [0, 0.1) is 5.41 Å². The second-order valence-electron chi connectivity index (χ2n) is 7.99. The lowest BCUT2D eigenvalue weighted by Crippen LogP contribution is -2.58. The number of hydrogen-bond acceptors (Lipinski definition) is 6. The van der Waals surface area contributed by atoms with Crippen molar-refractivity contribution in [3.8, 4) is 0 Å². The molecule has 2 saturated heterocycles. The van der Waals surface area contributed by atoms with E-state index in [1.165, 1.54) is 4.90 Å². The highest BCUT2D eigenvalue weighted by Gasteiger charge is 2.62. The Hall–Kier alpha value is -3.68. The number of ether oxygens (including phenoxy) is 2. The smallest absolute Gasteiger partial charge is 0.480 e. The molecule has 2 aromatic rings. The maximum absolute atomic E-state index is 12.7. The van der Waals surface area contributed by atoms with Crippen LogP contribution in [0.15, 0.2) is 60.3 Å². The Labute approximate surface area is 179 Å². The van der Waals surface area contributed by atoms with E-state index in [-0.39, 0.29) is 25.2 Å². The van der Waals surface area contributed by atoms with Gasteiger partial charge in [0.15, 0.2) is 0 Å². The Bertz CT molecular complexity index is 1020. The summed E-state index contributed by atoms with van der Waals surface area (Å²) in [5.41, 5.74) is 1.01. The highest BCUT2D eigenvalue weighted by molar-refractivity contribution is 6.08. The molecule has 1 unspecified atom stereocenters. The number of carbonyl (C=O) groups excluding carboxylic acids is 2. The zero-order valence-corrected chi connectivity index (χ0v) is 16.9. The molecule has 0 radical (unpaired) electrons. The van der Waals surface area contributed by atoms with E-state index >= 15 is 0 Å². The molecule has 3 atom stereocenters. The van der Waals surface area contributed by atoms with Crippen molar-refractivity contribution in [3.05, 3.63) is 71.6 Å². The second-order valence-corrected chi connectivity index (χ2v) is 7.99. The second kappa shape index (κ2) is 8.22. The number of pyridine rings is 1.